The SMILES string of the molecule is CC1CCS(=O)C2CC(C(C)(C)C)CCC2N1. The number of nitrogens with one attached hydrogen (secondary N) is 1. The molecule has 0 spiro atoms. The predicted molar refractivity (Wildman–Crippen MR) is 74.6 cm³/mol. The zero-order chi connectivity index (χ0) is 12.6. The summed E-state index contributed by atoms with van der Waals surface area (Å²) in [5.74, 6) is 1.63. The van der Waals surface area contributed by atoms with Crippen molar-refractivity contribution < 1.29 is 4.21 Å². The summed E-state index contributed by atoms with van der Waals surface area (Å²) in [6, 6.07) is 1.05. The van der Waals surface area contributed by atoms with Crippen LogP contribution in [0.25, 0.3) is 0 Å². The summed E-state index contributed by atoms with van der Waals surface area (Å²) >= 11 is 0. The summed E-state index contributed by atoms with van der Waals surface area (Å²) in [4.78, 5) is 0. The highest BCUT2D eigenvalue weighted by Crippen LogP contribution is 2.40. The van der Waals surface area contributed by atoms with Crippen LogP contribution < -0.4 is 5.32 Å². The lowest BCUT2D eigenvalue weighted by Crippen LogP contribution is -2.48. The van der Waals surface area contributed by atoms with Gasteiger partial charge in [0.15, 0.2) is 0 Å². The Morgan fingerprint density at radius 2 is 1.88 bits per heavy atom. The third kappa shape index (κ3) is 3.11. The van der Waals surface area contributed by atoms with Crippen molar-refractivity contribution in [2.45, 2.75) is 70.7 Å². The molecule has 0 aromatic heterocycles. The van der Waals surface area contributed by atoms with Crippen molar-refractivity contribution in [2.24, 2.45) is 11.3 Å². The van der Waals surface area contributed by atoms with Crippen molar-refractivity contribution in [1.82, 2.24) is 5.32 Å². The van der Waals surface area contributed by atoms with Gasteiger partial charge in [0.25, 0.3) is 0 Å². The quantitative estimate of drug-likeness (QED) is 0.723. The average molecular weight is 257 g/mol. The maximum Gasteiger partial charge on any atom is 0.0504 e. The number of fused-ring (bicyclic) bond motifs is 1. The van der Waals surface area contributed by atoms with Gasteiger partial charge in [-0.1, -0.05) is 20.8 Å². The zero-order valence-electron chi connectivity index (χ0n) is 11.7. The van der Waals surface area contributed by atoms with Crippen LogP contribution in [0.5, 0.6) is 0 Å². The first-order valence-corrected chi connectivity index (χ1v) is 8.39. The van der Waals surface area contributed by atoms with E-state index >= 15 is 0 Å². The Morgan fingerprint density at radius 1 is 1.18 bits per heavy atom. The van der Waals surface area contributed by atoms with Gasteiger partial charge in [-0.05, 0) is 43.9 Å². The van der Waals surface area contributed by atoms with Crippen LogP contribution in [0.2, 0.25) is 0 Å². The van der Waals surface area contributed by atoms with Crippen LogP contribution in [0.15, 0.2) is 0 Å². The van der Waals surface area contributed by atoms with E-state index in [1.165, 1.54) is 12.8 Å². The van der Waals surface area contributed by atoms with E-state index in [1.54, 1.807) is 0 Å². The van der Waals surface area contributed by atoms with Crippen LogP contribution in [-0.2, 0) is 10.8 Å². The third-order valence-corrected chi connectivity index (χ3v) is 6.44. The molecule has 0 aromatic carbocycles. The first-order chi connectivity index (χ1) is 7.88. The molecule has 3 heteroatoms. The Morgan fingerprint density at radius 3 is 2.53 bits per heavy atom. The van der Waals surface area contributed by atoms with E-state index < -0.39 is 10.8 Å². The van der Waals surface area contributed by atoms with Gasteiger partial charge in [0.05, 0.1) is 5.25 Å². The molecule has 2 fully saturated rings. The molecular formula is C14H27NOS. The Kier molecular flexibility index (Phi) is 3.99. The van der Waals surface area contributed by atoms with Crippen molar-refractivity contribution in [3.63, 3.8) is 0 Å². The molecule has 1 aliphatic heterocycles. The lowest BCUT2D eigenvalue weighted by Gasteiger charge is -2.41. The van der Waals surface area contributed by atoms with Gasteiger partial charge in [-0.15, -0.1) is 0 Å². The monoisotopic (exact) mass is 257 g/mol. The molecule has 1 aliphatic carbocycles. The fourth-order valence-corrected chi connectivity index (χ4v) is 5.21. The molecule has 1 N–H and O–H groups in total. The van der Waals surface area contributed by atoms with Crippen LogP contribution >= 0.6 is 0 Å². The van der Waals surface area contributed by atoms with Crippen molar-refractivity contribution >= 4 is 10.8 Å². The Hall–Kier alpha value is 0.110. The second kappa shape index (κ2) is 5.00. The van der Waals surface area contributed by atoms with E-state index in [9.17, 15) is 4.21 Å². The van der Waals surface area contributed by atoms with Gasteiger partial charge in [-0.3, -0.25) is 4.21 Å². The average Bonchev–Trinajstić information content (AvgIpc) is 2.37. The summed E-state index contributed by atoms with van der Waals surface area (Å²) in [5.41, 5.74) is 0.368. The fraction of sp³-hybridized carbons (Fsp3) is 1.00. The summed E-state index contributed by atoms with van der Waals surface area (Å²) < 4.78 is 12.3. The normalized spacial score (nSPS) is 43.9. The van der Waals surface area contributed by atoms with Gasteiger partial charge in [-0.25, -0.2) is 0 Å². The molecule has 100 valence electrons. The largest absolute Gasteiger partial charge is 0.310 e. The van der Waals surface area contributed by atoms with Gasteiger partial charge in [0.1, 0.15) is 0 Å². The first kappa shape index (κ1) is 13.5. The molecular weight excluding hydrogens is 230 g/mol. The molecule has 1 saturated heterocycles. The Bertz CT molecular complexity index is 297. The molecule has 17 heavy (non-hydrogen) atoms. The lowest BCUT2D eigenvalue weighted by atomic mass is 9.71. The maximum absolute atomic E-state index is 12.3. The van der Waals surface area contributed by atoms with Gasteiger partial charge >= 0.3 is 0 Å². The molecule has 2 rings (SSSR count). The van der Waals surface area contributed by atoms with Crippen LogP contribution in [0.1, 0.15) is 53.4 Å². The van der Waals surface area contributed by atoms with Gasteiger partial charge in [0.2, 0.25) is 0 Å². The second-order valence-corrected chi connectivity index (χ2v) is 8.74. The minimum atomic E-state index is -0.613. The van der Waals surface area contributed by atoms with E-state index in [4.69, 9.17) is 0 Å². The summed E-state index contributed by atoms with van der Waals surface area (Å²) in [6.07, 6.45) is 4.73. The highest BCUT2D eigenvalue weighted by Gasteiger charge is 2.40. The Balaban J connectivity index is 2.09. The van der Waals surface area contributed by atoms with E-state index in [0.717, 1.165) is 24.5 Å². The highest BCUT2D eigenvalue weighted by atomic mass is 32.2. The number of hydrogen-bond acceptors (Lipinski definition) is 2. The number of hydrogen-bond donors (Lipinski definition) is 1. The molecule has 1 saturated carbocycles. The predicted octanol–water partition coefficient (Wildman–Crippen LogP) is 2.70. The second-order valence-electron chi connectivity index (χ2n) is 6.96. The minimum Gasteiger partial charge on any atom is -0.310 e. The Labute approximate surface area is 108 Å². The highest BCUT2D eigenvalue weighted by molar-refractivity contribution is 7.85. The van der Waals surface area contributed by atoms with Crippen molar-refractivity contribution in [1.29, 1.82) is 0 Å². The van der Waals surface area contributed by atoms with E-state index in [0.29, 0.717) is 22.7 Å². The molecule has 0 aromatic rings. The smallest absolute Gasteiger partial charge is 0.0504 e. The van der Waals surface area contributed by atoms with Crippen LogP contribution in [0.3, 0.4) is 0 Å². The topological polar surface area (TPSA) is 29.1 Å². The molecule has 2 nitrogen and oxygen atoms in total. The van der Waals surface area contributed by atoms with Gasteiger partial charge < -0.3 is 5.32 Å². The summed E-state index contributed by atoms with van der Waals surface area (Å²) in [7, 11) is -0.613. The summed E-state index contributed by atoms with van der Waals surface area (Å²) in [5, 5.41) is 4.09. The van der Waals surface area contributed by atoms with Crippen molar-refractivity contribution in [3.05, 3.63) is 0 Å². The standard InChI is InChI=1S/C14H27NOS/c1-10-7-8-17(16)13-9-11(14(2,3)4)5-6-12(13)15-10/h10-13,15H,5-9H2,1-4H3. The van der Waals surface area contributed by atoms with Gasteiger partial charge in [0, 0.05) is 28.6 Å². The van der Waals surface area contributed by atoms with Gasteiger partial charge in [-0.2, -0.15) is 0 Å². The lowest BCUT2D eigenvalue weighted by molar-refractivity contribution is 0.161. The zero-order valence-corrected chi connectivity index (χ0v) is 12.5. The molecule has 2 aliphatic rings. The molecule has 0 amide bonds. The van der Waals surface area contributed by atoms with Crippen LogP contribution in [-0.4, -0.2) is 27.3 Å². The minimum absolute atomic E-state index is 0.368. The molecule has 0 radical (unpaired) electrons. The van der Waals surface area contributed by atoms with Crippen LogP contribution in [0.4, 0.5) is 0 Å². The first-order valence-electron chi connectivity index (χ1n) is 7.01. The van der Waals surface area contributed by atoms with E-state index in [2.05, 4.69) is 33.0 Å². The molecule has 0 bridgehead atoms. The number of rotatable bonds is 0. The molecule has 5 unspecified atom stereocenters. The summed E-state index contributed by atoms with van der Waals surface area (Å²) in [6.45, 7) is 9.21. The van der Waals surface area contributed by atoms with Crippen LogP contribution in [0, 0.1) is 11.3 Å². The fourth-order valence-electron chi connectivity index (χ4n) is 3.29. The van der Waals surface area contributed by atoms with E-state index in [1.807, 2.05) is 0 Å². The third-order valence-electron chi connectivity index (χ3n) is 4.60. The molecule has 1 heterocycles. The van der Waals surface area contributed by atoms with Crippen molar-refractivity contribution in [3.8, 4) is 0 Å². The van der Waals surface area contributed by atoms with E-state index in [-0.39, 0.29) is 0 Å². The maximum atomic E-state index is 12.3. The van der Waals surface area contributed by atoms with Crippen molar-refractivity contribution in [2.75, 3.05) is 5.75 Å². The molecule has 5 atom stereocenters.